The highest BCUT2D eigenvalue weighted by Gasteiger charge is 2.37. The van der Waals surface area contributed by atoms with E-state index in [1.807, 2.05) is 0 Å². The Morgan fingerprint density at radius 2 is 1.05 bits per heavy atom. The second-order valence-corrected chi connectivity index (χ2v) is 21.5. The third-order valence-corrected chi connectivity index (χ3v) is 13.7. The van der Waals surface area contributed by atoms with Crippen LogP contribution in [0.25, 0.3) is 0 Å². The number of amides is 11. The van der Waals surface area contributed by atoms with Gasteiger partial charge in [-0.15, -0.1) is 0 Å². The molecule has 1 saturated heterocycles. The molecule has 11 amide bonds. The molecule has 0 saturated carbocycles. The van der Waals surface area contributed by atoms with Gasteiger partial charge in [-0.25, -0.2) is 0 Å². The van der Waals surface area contributed by atoms with Crippen LogP contribution in [-0.2, 0) is 59.2 Å². The number of carbonyl (C=O) groups is 11. The molecule has 0 bridgehead atoms. The normalized spacial score (nSPS) is 22.6. The standard InChI is InChI=1S/C55H96N16O13/c1-6-7-8-9-13-16-43(74)62-35(17-23-56)50(79)71-45(33(5)73)55(84)67-38(20-26-59)47(76)66-40-22-28-61-54(83)44(32(4)72)70-51(80)39(21-27-60)64-46(75)36(18-24-57)65-52(81)41(29-31(2)3)68-53(82)42(30-34-14-11-10-12-15-34)69-48(77)37(19-25-58)63-49(40)78/h10-12,14-15,31-33,35-42,44-45,72-73H,6-9,13,16-30,56-60H2,1-5H3,(H,61,83)(H,62,74)(H,63,78)(H,64,75)(H,65,81)(H,66,76)(H,67,84)(H,68,82)(H,69,77)(H,70,80)(H,71,79)/t32?,33?,35-,36-,37-,38-,39-,40-,41-,42+,44-,45-/m0/s1. The molecule has 12 atom stereocenters. The van der Waals surface area contributed by atoms with Crippen molar-refractivity contribution in [1.82, 2.24) is 58.5 Å². The van der Waals surface area contributed by atoms with Crippen LogP contribution in [0, 0.1) is 5.92 Å². The van der Waals surface area contributed by atoms with E-state index in [9.17, 15) is 63.0 Å². The van der Waals surface area contributed by atoms with Crippen molar-refractivity contribution in [3.05, 3.63) is 35.9 Å². The average molecular weight is 1190 g/mol. The summed E-state index contributed by atoms with van der Waals surface area (Å²) >= 11 is 0. The van der Waals surface area contributed by atoms with Gasteiger partial charge in [0.2, 0.25) is 65.0 Å². The molecular weight excluding hydrogens is 1090 g/mol. The lowest BCUT2D eigenvalue weighted by molar-refractivity contribution is -0.137. The molecule has 0 aromatic heterocycles. The molecule has 84 heavy (non-hydrogen) atoms. The molecule has 1 aliphatic heterocycles. The van der Waals surface area contributed by atoms with E-state index in [1.165, 1.54) is 13.8 Å². The number of nitrogens with two attached hydrogens (primary N) is 5. The van der Waals surface area contributed by atoms with Crippen LogP contribution in [0.4, 0.5) is 0 Å². The fourth-order valence-electron chi connectivity index (χ4n) is 9.03. The summed E-state index contributed by atoms with van der Waals surface area (Å²) in [7, 11) is 0. The van der Waals surface area contributed by atoms with Gasteiger partial charge in [0.25, 0.3) is 0 Å². The fraction of sp³-hybridized carbons (Fsp3) is 0.691. The van der Waals surface area contributed by atoms with Crippen molar-refractivity contribution in [1.29, 1.82) is 0 Å². The number of aliphatic hydroxyl groups excluding tert-OH is 2. The van der Waals surface area contributed by atoms with E-state index in [-0.39, 0.29) is 90.0 Å². The Labute approximate surface area is 491 Å². The van der Waals surface area contributed by atoms with Crippen molar-refractivity contribution in [2.24, 2.45) is 34.6 Å². The molecule has 2 unspecified atom stereocenters. The van der Waals surface area contributed by atoms with E-state index in [1.54, 1.807) is 44.2 Å². The number of rotatable bonds is 29. The number of unbranched alkanes of at least 4 members (excludes halogenated alkanes) is 4. The number of carbonyl (C=O) groups excluding carboxylic acids is 11. The lowest BCUT2D eigenvalue weighted by Gasteiger charge is -2.29. The second-order valence-electron chi connectivity index (χ2n) is 21.5. The zero-order valence-corrected chi connectivity index (χ0v) is 49.3. The highest BCUT2D eigenvalue weighted by molar-refractivity contribution is 5.99. The molecule has 474 valence electrons. The summed E-state index contributed by atoms with van der Waals surface area (Å²) in [5.74, 6) is -9.94. The average Bonchev–Trinajstić information content (AvgIpc) is 3.44. The maximum atomic E-state index is 14.5. The Kier molecular flexibility index (Phi) is 34.5. The van der Waals surface area contributed by atoms with Gasteiger partial charge in [-0.1, -0.05) is 76.8 Å². The van der Waals surface area contributed by atoms with Crippen LogP contribution < -0.4 is 87.2 Å². The van der Waals surface area contributed by atoms with Gasteiger partial charge in [-0.2, -0.15) is 0 Å². The SMILES string of the molecule is CCCCCCCC(=O)N[C@@H](CCN)C(=O)N[C@H](C(=O)N[C@@H](CCN)C(=O)N[C@H]1CCNC(=O)[C@H](C(C)O)NC(=O)[C@H](CCN)NC(=O)[C@H](CCN)NC(=O)[C@H](CC(C)C)NC(=O)[C@@H](Cc2ccccc2)NC(=O)[C@H](CCN)NC1=O)C(C)O. The van der Waals surface area contributed by atoms with Crippen molar-refractivity contribution < 1.29 is 63.0 Å². The number of hydrogen-bond donors (Lipinski definition) is 18. The zero-order chi connectivity index (χ0) is 62.9. The summed E-state index contributed by atoms with van der Waals surface area (Å²) in [5, 5.41) is 49.6. The minimum absolute atomic E-state index is 0.0143. The summed E-state index contributed by atoms with van der Waals surface area (Å²) < 4.78 is 0. The molecule has 1 aromatic carbocycles. The summed E-state index contributed by atoms with van der Waals surface area (Å²) in [5.41, 5.74) is 29.9. The number of benzene rings is 1. The largest absolute Gasteiger partial charge is 0.391 e. The van der Waals surface area contributed by atoms with Crippen LogP contribution in [-0.4, -0.2) is 187 Å². The second kappa shape index (κ2) is 39.6. The molecule has 23 N–H and O–H groups in total. The summed E-state index contributed by atoms with van der Waals surface area (Å²) in [6, 6.07) is -6.22. The Hall–Kier alpha value is -6.89. The van der Waals surface area contributed by atoms with Crippen LogP contribution >= 0.6 is 0 Å². The van der Waals surface area contributed by atoms with Gasteiger partial charge in [0.15, 0.2) is 0 Å². The Morgan fingerprint density at radius 1 is 0.560 bits per heavy atom. The number of hydrogen-bond acceptors (Lipinski definition) is 18. The van der Waals surface area contributed by atoms with Crippen LogP contribution in [0.3, 0.4) is 0 Å². The van der Waals surface area contributed by atoms with Crippen molar-refractivity contribution in [2.45, 2.75) is 197 Å². The lowest BCUT2D eigenvalue weighted by atomic mass is 10.00. The summed E-state index contributed by atoms with van der Waals surface area (Å²) in [4.78, 5) is 154. The van der Waals surface area contributed by atoms with Gasteiger partial charge >= 0.3 is 0 Å². The van der Waals surface area contributed by atoms with E-state index in [0.29, 0.717) is 12.0 Å². The van der Waals surface area contributed by atoms with Crippen molar-refractivity contribution in [3.8, 4) is 0 Å². The zero-order valence-electron chi connectivity index (χ0n) is 49.3. The number of aliphatic hydroxyl groups is 2. The molecule has 1 aliphatic rings. The fourth-order valence-corrected chi connectivity index (χ4v) is 9.03. The number of nitrogens with one attached hydrogen (secondary N) is 11. The van der Waals surface area contributed by atoms with Gasteiger partial charge in [0.1, 0.15) is 60.4 Å². The van der Waals surface area contributed by atoms with E-state index in [4.69, 9.17) is 28.7 Å². The first-order chi connectivity index (χ1) is 39.9. The Balaban J connectivity index is 2.68. The quantitative estimate of drug-likeness (QED) is 0.0333. The van der Waals surface area contributed by atoms with Gasteiger partial charge in [0.05, 0.1) is 12.2 Å². The predicted molar refractivity (Wildman–Crippen MR) is 312 cm³/mol. The molecule has 0 aliphatic carbocycles. The maximum absolute atomic E-state index is 14.5. The van der Waals surface area contributed by atoms with Crippen molar-refractivity contribution in [3.63, 3.8) is 0 Å². The minimum atomic E-state index is -1.70. The van der Waals surface area contributed by atoms with E-state index in [0.717, 1.165) is 25.7 Å². The van der Waals surface area contributed by atoms with Crippen LogP contribution in [0.1, 0.15) is 124 Å². The molecule has 29 nitrogen and oxygen atoms in total. The van der Waals surface area contributed by atoms with Crippen LogP contribution in [0.5, 0.6) is 0 Å². The third kappa shape index (κ3) is 26.4. The molecule has 1 heterocycles. The third-order valence-electron chi connectivity index (χ3n) is 13.7. The topological polar surface area (TPSA) is 491 Å². The molecule has 0 spiro atoms. The van der Waals surface area contributed by atoms with E-state index in [2.05, 4.69) is 65.4 Å². The first-order valence-electron chi connectivity index (χ1n) is 29.2. The molecule has 1 aromatic rings. The highest BCUT2D eigenvalue weighted by Crippen LogP contribution is 2.12. The van der Waals surface area contributed by atoms with Gasteiger partial charge in [-0.3, -0.25) is 52.7 Å². The highest BCUT2D eigenvalue weighted by atomic mass is 16.3. The maximum Gasteiger partial charge on any atom is 0.245 e. The van der Waals surface area contributed by atoms with Crippen LogP contribution in [0.2, 0.25) is 0 Å². The Morgan fingerprint density at radius 3 is 1.56 bits per heavy atom. The lowest BCUT2D eigenvalue weighted by Crippen LogP contribution is -2.62. The molecule has 1 fully saturated rings. The van der Waals surface area contributed by atoms with Crippen LogP contribution in [0.15, 0.2) is 30.3 Å². The van der Waals surface area contributed by atoms with Crippen molar-refractivity contribution in [2.75, 3.05) is 39.3 Å². The Bertz CT molecular complexity index is 2280. The smallest absolute Gasteiger partial charge is 0.245 e. The molecular formula is C55H96N16O13. The van der Waals surface area contributed by atoms with Gasteiger partial charge < -0.3 is 97.4 Å². The van der Waals surface area contributed by atoms with Gasteiger partial charge in [-0.05, 0) is 109 Å². The molecule has 2 rings (SSSR count). The van der Waals surface area contributed by atoms with Crippen molar-refractivity contribution >= 4 is 65.0 Å². The summed E-state index contributed by atoms with van der Waals surface area (Å²) in [6.07, 6.45) is 0.0313. The summed E-state index contributed by atoms with van der Waals surface area (Å²) in [6.45, 7) is 6.87. The minimum Gasteiger partial charge on any atom is -0.391 e. The first kappa shape index (κ1) is 73.2. The van der Waals surface area contributed by atoms with E-state index < -0.39 is 151 Å². The molecule has 0 radical (unpaired) electrons. The molecule has 29 heteroatoms. The predicted octanol–water partition coefficient (Wildman–Crippen LogP) is -5.49. The van der Waals surface area contributed by atoms with E-state index >= 15 is 0 Å². The first-order valence-corrected chi connectivity index (χ1v) is 29.2. The monoisotopic (exact) mass is 1190 g/mol. The van der Waals surface area contributed by atoms with Gasteiger partial charge in [0, 0.05) is 19.4 Å².